The van der Waals surface area contributed by atoms with Crippen LogP contribution in [0.25, 0.3) is 22.8 Å². The number of hydrogen-bond acceptors (Lipinski definition) is 7. The van der Waals surface area contributed by atoms with Gasteiger partial charge in [-0.1, -0.05) is 5.16 Å². The van der Waals surface area contributed by atoms with Crippen LogP contribution in [0.15, 0.2) is 35.0 Å². The van der Waals surface area contributed by atoms with E-state index >= 15 is 0 Å². The van der Waals surface area contributed by atoms with Gasteiger partial charge >= 0.3 is 5.97 Å². The first-order valence-electron chi connectivity index (χ1n) is 8.64. The van der Waals surface area contributed by atoms with Gasteiger partial charge in [-0.25, -0.2) is 14.2 Å². The Bertz CT molecular complexity index is 1010. The van der Waals surface area contributed by atoms with Crippen LogP contribution in [0, 0.1) is 12.7 Å². The van der Waals surface area contributed by atoms with Crippen molar-refractivity contribution in [2.45, 2.75) is 13.8 Å². The summed E-state index contributed by atoms with van der Waals surface area (Å²) in [6, 6.07) is 5.47. The van der Waals surface area contributed by atoms with E-state index in [-0.39, 0.29) is 18.3 Å². The number of aromatic nitrogens is 3. The predicted octanol–water partition coefficient (Wildman–Crippen LogP) is 2.76. The van der Waals surface area contributed by atoms with E-state index < -0.39 is 17.3 Å². The molecule has 0 bridgehead atoms. The average Bonchev–Trinajstić information content (AvgIpc) is 3.16. The number of benzene rings is 1. The second-order valence-corrected chi connectivity index (χ2v) is 6.09. The third kappa shape index (κ3) is 3.84. The number of hydrogen-bond donors (Lipinski definition) is 2. The van der Waals surface area contributed by atoms with Crippen molar-refractivity contribution in [3.05, 3.63) is 47.4 Å². The summed E-state index contributed by atoms with van der Waals surface area (Å²) in [4.78, 5) is 21.6. The van der Waals surface area contributed by atoms with E-state index in [1.807, 2.05) is 24.8 Å². The molecule has 2 heterocycles. The van der Waals surface area contributed by atoms with Gasteiger partial charge in [-0.15, -0.1) is 0 Å². The summed E-state index contributed by atoms with van der Waals surface area (Å²) in [5.41, 5.74) is 1.36. The van der Waals surface area contributed by atoms with Gasteiger partial charge < -0.3 is 19.6 Å². The zero-order chi connectivity index (χ0) is 20.3. The Morgan fingerprint density at radius 2 is 2.07 bits per heavy atom. The van der Waals surface area contributed by atoms with Crippen molar-refractivity contribution in [3.8, 4) is 22.8 Å². The molecule has 0 atom stereocenters. The molecule has 9 heteroatoms. The Balaban J connectivity index is 1.89. The summed E-state index contributed by atoms with van der Waals surface area (Å²) in [5.74, 6) is -1.11. The van der Waals surface area contributed by atoms with Crippen molar-refractivity contribution in [1.82, 2.24) is 15.1 Å². The number of likely N-dealkylation sites (N-methyl/N-ethyl adjacent to an activating group) is 1. The Morgan fingerprint density at radius 1 is 1.29 bits per heavy atom. The highest BCUT2D eigenvalue weighted by Crippen LogP contribution is 2.26. The van der Waals surface area contributed by atoms with Crippen LogP contribution in [0.2, 0.25) is 0 Å². The van der Waals surface area contributed by atoms with Gasteiger partial charge in [0.25, 0.3) is 5.89 Å². The summed E-state index contributed by atoms with van der Waals surface area (Å²) in [6.07, 6.45) is 1.59. The highest BCUT2D eigenvalue weighted by molar-refractivity contribution is 5.88. The Morgan fingerprint density at radius 3 is 2.68 bits per heavy atom. The first kappa shape index (κ1) is 19.4. The van der Waals surface area contributed by atoms with E-state index in [2.05, 4.69) is 15.1 Å². The standard InChI is InChI=1S/C19H19FN4O4/c1-3-24(6-7-25)17-11(2)8-13(10-21-17)18-22-16(23-28-18)12-4-5-14(19(26)27)15(20)9-12/h4-5,8-10,25H,3,6-7H2,1-2H3,(H,26,27). The summed E-state index contributed by atoms with van der Waals surface area (Å²) < 4.78 is 19.1. The van der Waals surface area contributed by atoms with E-state index in [4.69, 9.17) is 14.7 Å². The molecule has 3 aromatic rings. The second kappa shape index (κ2) is 8.13. The highest BCUT2D eigenvalue weighted by Gasteiger charge is 2.17. The first-order chi connectivity index (χ1) is 13.4. The molecule has 0 aliphatic heterocycles. The Kier molecular flexibility index (Phi) is 5.65. The molecular formula is C19H19FN4O4. The van der Waals surface area contributed by atoms with Crippen LogP contribution in [0.1, 0.15) is 22.8 Å². The summed E-state index contributed by atoms with van der Waals surface area (Å²) >= 11 is 0. The second-order valence-electron chi connectivity index (χ2n) is 6.09. The molecule has 0 saturated heterocycles. The molecule has 0 saturated carbocycles. The number of anilines is 1. The molecule has 0 radical (unpaired) electrons. The van der Waals surface area contributed by atoms with Crippen molar-refractivity contribution in [2.75, 3.05) is 24.6 Å². The highest BCUT2D eigenvalue weighted by atomic mass is 19.1. The molecular weight excluding hydrogens is 367 g/mol. The number of halogens is 1. The number of nitrogens with zero attached hydrogens (tertiary/aromatic N) is 4. The van der Waals surface area contributed by atoms with Crippen molar-refractivity contribution in [3.63, 3.8) is 0 Å². The average molecular weight is 386 g/mol. The molecule has 0 fully saturated rings. The fourth-order valence-corrected chi connectivity index (χ4v) is 2.84. The minimum Gasteiger partial charge on any atom is -0.478 e. The summed E-state index contributed by atoms with van der Waals surface area (Å²) in [6.45, 7) is 5.08. The molecule has 2 aromatic heterocycles. The maximum atomic E-state index is 13.9. The normalized spacial score (nSPS) is 10.9. The van der Waals surface area contributed by atoms with Crippen LogP contribution in [-0.2, 0) is 0 Å². The number of carboxylic acids is 1. The minimum absolute atomic E-state index is 0.0287. The van der Waals surface area contributed by atoms with Crippen LogP contribution in [0.3, 0.4) is 0 Å². The van der Waals surface area contributed by atoms with Crippen molar-refractivity contribution >= 4 is 11.8 Å². The van der Waals surface area contributed by atoms with Gasteiger partial charge in [0.15, 0.2) is 0 Å². The summed E-state index contributed by atoms with van der Waals surface area (Å²) in [7, 11) is 0. The third-order valence-corrected chi connectivity index (χ3v) is 4.23. The first-order valence-corrected chi connectivity index (χ1v) is 8.64. The molecule has 28 heavy (non-hydrogen) atoms. The quantitative estimate of drug-likeness (QED) is 0.637. The number of aliphatic hydroxyl groups is 1. The number of carboxylic acid groups (broad SMARTS) is 1. The fraction of sp³-hybridized carbons (Fsp3) is 0.263. The van der Waals surface area contributed by atoms with Gasteiger partial charge in [-0.2, -0.15) is 4.98 Å². The molecule has 8 nitrogen and oxygen atoms in total. The maximum Gasteiger partial charge on any atom is 0.338 e. The molecule has 0 aliphatic carbocycles. The SMILES string of the molecule is CCN(CCO)c1ncc(-c2nc(-c3ccc(C(=O)O)c(F)c3)no2)cc1C. The topological polar surface area (TPSA) is 113 Å². The Hall–Kier alpha value is -3.33. The van der Waals surface area contributed by atoms with Crippen LogP contribution >= 0.6 is 0 Å². The fourth-order valence-electron chi connectivity index (χ4n) is 2.84. The number of rotatable bonds is 7. The van der Waals surface area contributed by atoms with Crippen molar-refractivity contribution in [1.29, 1.82) is 0 Å². The molecule has 0 unspecified atom stereocenters. The predicted molar refractivity (Wildman–Crippen MR) is 99.6 cm³/mol. The number of aliphatic hydroxyl groups excluding tert-OH is 1. The van der Waals surface area contributed by atoms with Crippen LogP contribution in [0.5, 0.6) is 0 Å². The molecule has 2 N–H and O–H groups in total. The number of aryl methyl sites for hydroxylation is 1. The van der Waals surface area contributed by atoms with Gasteiger partial charge in [0.1, 0.15) is 11.6 Å². The molecule has 0 aliphatic rings. The minimum atomic E-state index is -1.35. The van der Waals surface area contributed by atoms with Gasteiger partial charge in [0.05, 0.1) is 17.7 Å². The molecule has 3 rings (SSSR count). The Labute approximate surface area is 160 Å². The summed E-state index contributed by atoms with van der Waals surface area (Å²) in [5, 5.41) is 21.9. The maximum absolute atomic E-state index is 13.9. The number of aromatic carboxylic acids is 1. The lowest BCUT2D eigenvalue weighted by Crippen LogP contribution is -2.27. The smallest absolute Gasteiger partial charge is 0.338 e. The largest absolute Gasteiger partial charge is 0.478 e. The van der Waals surface area contributed by atoms with Crippen LogP contribution in [0.4, 0.5) is 10.2 Å². The number of carbonyl (C=O) groups is 1. The van der Waals surface area contributed by atoms with E-state index in [1.54, 1.807) is 6.20 Å². The van der Waals surface area contributed by atoms with Gasteiger partial charge in [-0.3, -0.25) is 0 Å². The molecule has 146 valence electrons. The zero-order valence-electron chi connectivity index (χ0n) is 15.4. The lowest BCUT2D eigenvalue weighted by molar-refractivity contribution is 0.0692. The van der Waals surface area contributed by atoms with E-state index in [9.17, 15) is 9.18 Å². The molecule has 0 amide bonds. The van der Waals surface area contributed by atoms with Gasteiger partial charge in [-0.05, 0) is 43.7 Å². The zero-order valence-corrected chi connectivity index (χ0v) is 15.4. The number of pyridine rings is 1. The van der Waals surface area contributed by atoms with E-state index in [0.29, 0.717) is 24.2 Å². The van der Waals surface area contributed by atoms with E-state index in [0.717, 1.165) is 23.5 Å². The molecule has 0 spiro atoms. The van der Waals surface area contributed by atoms with Crippen LogP contribution in [-0.4, -0.2) is 51.0 Å². The molecule has 1 aromatic carbocycles. The lowest BCUT2D eigenvalue weighted by Gasteiger charge is -2.22. The van der Waals surface area contributed by atoms with Crippen LogP contribution < -0.4 is 4.90 Å². The van der Waals surface area contributed by atoms with Gasteiger partial charge in [0, 0.05) is 24.8 Å². The lowest BCUT2D eigenvalue weighted by atomic mass is 10.1. The van der Waals surface area contributed by atoms with Crippen molar-refractivity contribution < 1.29 is 23.9 Å². The third-order valence-electron chi connectivity index (χ3n) is 4.23. The van der Waals surface area contributed by atoms with E-state index in [1.165, 1.54) is 6.07 Å². The van der Waals surface area contributed by atoms with Crippen molar-refractivity contribution in [2.24, 2.45) is 0 Å². The monoisotopic (exact) mass is 386 g/mol. The van der Waals surface area contributed by atoms with Gasteiger partial charge in [0.2, 0.25) is 5.82 Å².